The molecule has 0 amide bonds. The largest absolute Gasteiger partial charge is 0.456 e. The predicted octanol–water partition coefficient (Wildman–Crippen LogP) is 7.53. The number of hydrogen-bond donors (Lipinski definition) is 0. The van der Waals surface area contributed by atoms with Crippen LogP contribution in [0.5, 0.6) is 0 Å². The Kier molecular flexibility index (Phi) is 8.42. The average Bonchev–Trinajstić information content (AvgIpc) is 3.69. The maximum absolute atomic E-state index is 6.50. The zero-order valence-corrected chi connectivity index (χ0v) is 32.1. The molecule has 4 nitrogen and oxygen atoms in total. The summed E-state index contributed by atoms with van der Waals surface area (Å²) in [7, 11) is 31.2. The van der Waals surface area contributed by atoms with Gasteiger partial charge in [-0.3, -0.25) is 0 Å². The Labute approximate surface area is 352 Å². The highest BCUT2D eigenvalue weighted by atomic mass is 16.3. The van der Waals surface area contributed by atoms with Gasteiger partial charge < -0.3 is 4.42 Å². The summed E-state index contributed by atoms with van der Waals surface area (Å²) in [5.41, 5.74) is 8.57. The van der Waals surface area contributed by atoms with E-state index in [-0.39, 0.29) is 27.3 Å². The van der Waals surface area contributed by atoms with Crippen molar-refractivity contribution in [2.45, 2.75) is 0 Å². The third kappa shape index (κ3) is 5.72. The fraction of sp³-hybridized carbons (Fsp3) is 0. The van der Waals surface area contributed by atoms with Gasteiger partial charge >= 0.3 is 0 Å². The number of fused-ring (bicyclic) bond motifs is 9. The lowest BCUT2D eigenvalue weighted by Gasteiger charge is -2.21. The van der Waals surface area contributed by atoms with Crippen molar-refractivity contribution in [3.05, 3.63) is 158 Å². The Hall–Kier alpha value is -7.11. The first kappa shape index (κ1) is 36.0. The van der Waals surface area contributed by atoms with Gasteiger partial charge in [-0.05, 0) is 84.9 Å². The highest BCUT2D eigenvalue weighted by Crippen LogP contribution is 2.41. The lowest BCUT2D eigenvalue weighted by atomic mass is 9.59. The molecule has 0 spiro atoms. The molecular formula is C51H26B5N3O. The molecule has 0 saturated carbocycles. The molecule has 2 heterocycles. The van der Waals surface area contributed by atoms with Crippen molar-refractivity contribution in [2.24, 2.45) is 0 Å². The van der Waals surface area contributed by atoms with Crippen LogP contribution in [0.15, 0.2) is 162 Å². The molecule has 0 unspecified atom stereocenters. The van der Waals surface area contributed by atoms with Crippen LogP contribution in [-0.2, 0) is 0 Å². The van der Waals surface area contributed by atoms with Crippen molar-refractivity contribution in [3.63, 3.8) is 0 Å². The van der Waals surface area contributed by atoms with E-state index in [9.17, 15) is 0 Å². The molecule has 0 atom stereocenters. The lowest BCUT2D eigenvalue weighted by molar-refractivity contribution is 0.669. The van der Waals surface area contributed by atoms with Gasteiger partial charge in [0, 0.05) is 27.5 Å². The van der Waals surface area contributed by atoms with Gasteiger partial charge in [0.2, 0.25) is 0 Å². The SMILES string of the molecule is [B]c1c([B])c([B])c(-c2ccc(-c3nc(-c4ccccc4)nc(-c4ccc5oc6cccc(-c7ccc8c9ccccc9c9ccccc9c8c7)c6c5c4)n3)cc2)c([B])c1[B]. The van der Waals surface area contributed by atoms with E-state index in [1.807, 2.05) is 72.8 Å². The summed E-state index contributed by atoms with van der Waals surface area (Å²) in [5, 5.41) is 9.37. The molecule has 0 aliphatic carbocycles. The predicted molar refractivity (Wildman–Crippen MR) is 254 cm³/mol. The average molecular weight is 751 g/mol. The molecule has 9 aromatic carbocycles. The van der Waals surface area contributed by atoms with Crippen molar-refractivity contribution < 1.29 is 4.42 Å². The van der Waals surface area contributed by atoms with Gasteiger partial charge in [0.1, 0.15) is 50.4 Å². The number of nitrogens with zero attached hydrogens (tertiary/aromatic N) is 3. The molecule has 2 aromatic heterocycles. The van der Waals surface area contributed by atoms with E-state index in [4.69, 9.17) is 58.6 Å². The number of furan rings is 1. The quantitative estimate of drug-likeness (QED) is 0.135. The second kappa shape index (κ2) is 14.0. The highest BCUT2D eigenvalue weighted by molar-refractivity contribution is 6.68. The molecule has 11 rings (SSSR count). The summed E-state index contributed by atoms with van der Waals surface area (Å²) in [6.45, 7) is 0. The van der Waals surface area contributed by atoms with E-state index in [2.05, 4.69) is 84.9 Å². The molecule has 9 heteroatoms. The van der Waals surface area contributed by atoms with Gasteiger partial charge in [0.05, 0.1) is 0 Å². The van der Waals surface area contributed by atoms with Crippen LogP contribution in [0.3, 0.4) is 0 Å². The van der Waals surface area contributed by atoms with Crippen molar-refractivity contribution in [3.8, 4) is 56.4 Å². The second-order valence-corrected chi connectivity index (χ2v) is 15.0. The molecule has 266 valence electrons. The molecule has 0 aliphatic rings. The molecule has 0 bridgehead atoms. The summed E-state index contributed by atoms with van der Waals surface area (Å²) < 4.78 is 6.50. The minimum atomic E-state index is 0.172. The van der Waals surface area contributed by atoms with Crippen molar-refractivity contribution in [1.82, 2.24) is 15.0 Å². The van der Waals surface area contributed by atoms with Crippen molar-refractivity contribution in [1.29, 1.82) is 0 Å². The maximum Gasteiger partial charge on any atom is 0.164 e. The van der Waals surface area contributed by atoms with Crippen LogP contribution in [0.1, 0.15) is 0 Å². The molecule has 0 aliphatic heterocycles. The summed E-state index contributed by atoms with van der Waals surface area (Å²) in [4.78, 5) is 15.0. The zero-order valence-electron chi connectivity index (χ0n) is 32.1. The molecule has 0 fully saturated rings. The molecular weight excluding hydrogens is 725 g/mol. The minimum absolute atomic E-state index is 0.172. The summed E-state index contributed by atoms with van der Waals surface area (Å²) in [5.74, 6) is 1.56. The van der Waals surface area contributed by atoms with Crippen LogP contribution < -0.4 is 27.3 Å². The summed E-state index contributed by atoms with van der Waals surface area (Å²) in [6.07, 6.45) is 0. The number of rotatable bonds is 5. The topological polar surface area (TPSA) is 51.8 Å². The van der Waals surface area contributed by atoms with E-state index in [1.54, 1.807) is 0 Å². The van der Waals surface area contributed by atoms with E-state index >= 15 is 0 Å². The molecule has 11 aromatic rings. The third-order valence-electron chi connectivity index (χ3n) is 11.6. The Morgan fingerprint density at radius 3 is 1.42 bits per heavy atom. The van der Waals surface area contributed by atoms with E-state index in [0.717, 1.165) is 55.3 Å². The molecule has 60 heavy (non-hydrogen) atoms. The van der Waals surface area contributed by atoms with E-state index < -0.39 is 0 Å². The van der Waals surface area contributed by atoms with Crippen molar-refractivity contribution >= 4 is 121 Å². The molecule has 0 saturated heterocycles. The van der Waals surface area contributed by atoms with E-state index in [1.165, 1.54) is 32.3 Å². The first-order chi connectivity index (χ1) is 29.3. The first-order valence-corrected chi connectivity index (χ1v) is 19.6. The second-order valence-electron chi connectivity index (χ2n) is 15.0. The van der Waals surface area contributed by atoms with Gasteiger partial charge in [-0.15, -0.1) is 16.4 Å². The van der Waals surface area contributed by atoms with Gasteiger partial charge in [-0.2, -0.15) is 0 Å². The van der Waals surface area contributed by atoms with Crippen LogP contribution in [0, 0.1) is 0 Å². The Morgan fingerprint density at radius 2 is 0.783 bits per heavy atom. The summed E-state index contributed by atoms with van der Waals surface area (Å²) >= 11 is 0. The van der Waals surface area contributed by atoms with Crippen molar-refractivity contribution in [2.75, 3.05) is 0 Å². The number of hydrogen-bond acceptors (Lipinski definition) is 4. The molecule has 10 radical (unpaired) electrons. The monoisotopic (exact) mass is 751 g/mol. The standard InChI is InChI=1S/C51H26B5N3O/c52-44-42(45(53)47(55)48(56)46(44)54)27-17-19-29(20-18-27)50-57-49(28-9-2-1-3-10-28)58-51(59-50)31-22-24-40-39(26-31)43-32(15-8-16-41(43)60-40)30-21-23-37-35-13-5-4-11-33(35)34-12-6-7-14-36(34)38(37)25-30/h1-26H. The van der Waals surface area contributed by atoms with Crippen LogP contribution in [0.2, 0.25) is 0 Å². The fourth-order valence-electron chi connectivity index (χ4n) is 8.58. The summed E-state index contributed by atoms with van der Waals surface area (Å²) in [6, 6.07) is 53.9. The van der Waals surface area contributed by atoms with Gasteiger partial charge in [-0.1, -0.05) is 138 Å². The van der Waals surface area contributed by atoms with Crippen LogP contribution in [-0.4, -0.2) is 54.2 Å². The van der Waals surface area contributed by atoms with Crippen LogP contribution in [0.25, 0.3) is 111 Å². The highest BCUT2D eigenvalue weighted by Gasteiger charge is 2.19. The Morgan fingerprint density at radius 1 is 0.317 bits per heavy atom. The van der Waals surface area contributed by atoms with Crippen LogP contribution in [0.4, 0.5) is 0 Å². The van der Waals surface area contributed by atoms with Gasteiger partial charge in [0.25, 0.3) is 0 Å². The fourth-order valence-corrected chi connectivity index (χ4v) is 8.58. The zero-order chi connectivity index (χ0) is 40.6. The third-order valence-corrected chi connectivity index (χ3v) is 11.6. The normalized spacial score (nSPS) is 11.7. The number of benzene rings is 9. The van der Waals surface area contributed by atoms with E-state index in [0.29, 0.717) is 23.0 Å². The smallest absolute Gasteiger partial charge is 0.164 e. The first-order valence-electron chi connectivity index (χ1n) is 19.6. The Bertz CT molecular complexity index is 3490. The maximum atomic E-state index is 6.50. The minimum Gasteiger partial charge on any atom is -0.456 e. The van der Waals surface area contributed by atoms with Crippen LogP contribution >= 0.6 is 0 Å². The molecule has 0 N–H and O–H groups in total. The van der Waals surface area contributed by atoms with Gasteiger partial charge in [-0.25, -0.2) is 15.0 Å². The number of aromatic nitrogens is 3. The lowest BCUT2D eigenvalue weighted by Crippen LogP contribution is -2.55. The Balaban J connectivity index is 1.06. The van der Waals surface area contributed by atoms with Gasteiger partial charge in [0.15, 0.2) is 17.5 Å².